The minimum Gasteiger partial charge on any atom is -0.491 e. The fourth-order valence-corrected chi connectivity index (χ4v) is 1.39. The molecule has 0 aromatic heterocycles. The molecule has 0 amide bonds. The lowest BCUT2D eigenvalue weighted by Gasteiger charge is -2.14. The van der Waals surface area contributed by atoms with E-state index in [1.807, 2.05) is 26.0 Å². The minimum absolute atomic E-state index is 0.250. The van der Waals surface area contributed by atoms with Crippen molar-refractivity contribution in [3.8, 4) is 5.75 Å². The van der Waals surface area contributed by atoms with Crippen LogP contribution in [0.1, 0.15) is 11.1 Å². The largest absolute Gasteiger partial charge is 0.491 e. The van der Waals surface area contributed by atoms with E-state index in [0.717, 1.165) is 11.3 Å². The van der Waals surface area contributed by atoms with Gasteiger partial charge in [-0.3, -0.25) is 0 Å². The Labute approximate surface area is 96.1 Å². The summed E-state index contributed by atoms with van der Waals surface area (Å²) in [5, 5.41) is 9.52. The summed E-state index contributed by atoms with van der Waals surface area (Å²) in [6, 6.07) is 5.96. The number of nitrogens with one attached hydrogen (secondary N) is 1. The van der Waals surface area contributed by atoms with Crippen LogP contribution in [-0.4, -0.2) is 31.5 Å². The highest BCUT2D eigenvalue weighted by molar-refractivity contribution is 5.35. The summed E-state index contributed by atoms with van der Waals surface area (Å²) in [6.45, 7) is 4.62. The summed E-state index contributed by atoms with van der Waals surface area (Å²) in [5.74, 6) is 0.807. The maximum atomic E-state index is 9.52. The number of hydrogen-bond donors (Lipinski definition) is 2. The molecule has 1 atom stereocenters. The molecular formula is C12H19NO3. The zero-order chi connectivity index (χ0) is 12.0. The number of rotatable bonds is 6. The van der Waals surface area contributed by atoms with Gasteiger partial charge in [0.25, 0.3) is 0 Å². The number of aliphatic hydroxyl groups excluding tert-OH is 1. The van der Waals surface area contributed by atoms with Gasteiger partial charge in [0.15, 0.2) is 0 Å². The number of benzene rings is 1. The normalized spacial score (nSPS) is 12.5. The van der Waals surface area contributed by atoms with Crippen molar-refractivity contribution in [2.45, 2.75) is 20.0 Å². The predicted molar refractivity (Wildman–Crippen MR) is 62.4 cm³/mol. The first kappa shape index (κ1) is 13.0. The van der Waals surface area contributed by atoms with E-state index in [-0.39, 0.29) is 6.61 Å². The van der Waals surface area contributed by atoms with Crippen LogP contribution in [0.4, 0.5) is 0 Å². The lowest BCUT2D eigenvalue weighted by molar-refractivity contribution is 0.0321. The first-order valence-electron chi connectivity index (χ1n) is 5.27. The molecule has 90 valence electrons. The van der Waals surface area contributed by atoms with Gasteiger partial charge in [-0.15, -0.1) is 0 Å². The molecule has 1 unspecified atom stereocenters. The molecular weight excluding hydrogens is 206 g/mol. The van der Waals surface area contributed by atoms with E-state index in [1.165, 1.54) is 12.7 Å². The number of hydrogen-bond acceptors (Lipinski definition) is 4. The predicted octanol–water partition coefficient (Wildman–Crippen LogP) is 1.19. The average Bonchev–Trinajstić information content (AvgIpc) is 2.25. The lowest BCUT2D eigenvalue weighted by Crippen LogP contribution is -2.30. The van der Waals surface area contributed by atoms with Crippen LogP contribution in [0, 0.1) is 13.8 Å². The topological polar surface area (TPSA) is 50.7 Å². The SMILES string of the molecule is CONCC(O)COc1ccc(C)cc1C. The van der Waals surface area contributed by atoms with Crippen LogP contribution in [-0.2, 0) is 4.84 Å². The van der Waals surface area contributed by atoms with Crippen molar-refractivity contribution < 1.29 is 14.7 Å². The number of aryl methyl sites for hydroxylation is 2. The third-order valence-electron chi connectivity index (χ3n) is 2.22. The van der Waals surface area contributed by atoms with Gasteiger partial charge in [-0.1, -0.05) is 17.7 Å². The summed E-state index contributed by atoms with van der Waals surface area (Å²) in [5.41, 5.74) is 4.85. The van der Waals surface area contributed by atoms with Gasteiger partial charge in [0.2, 0.25) is 0 Å². The molecule has 0 bridgehead atoms. The highest BCUT2D eigenvalue weighted by atomic mass is 16.6. The Morgan fingerprint density at radius 1 is 1.38 bits per heavy atom. The van der Waals surface area contributed by atoms with Gasteiger partial charge in [-0.25, -0.2) is 5.48 Å². The molecule has 16 heavy (non-hydrogen) atoms. The van der Waals surface area contributed by atoms with E-state index in [1.54, 1.807) is 0 Å². The summed E-state index contributed by atoms with van der Waals surface area (Å²) in [7, 11) is 1.51. The molecule has 1 rings (SSSR count). The summed E-state index contributed by atoms with van der Waals surface area (Å²) in [6.07, 6.45) is -0.583. The standard InChI is InChI=1S/C12H19NO3/c1-9-4-5-12(10(2)6-9)16-8-11(14)7-13-15-3/h4-6,11,13-14H,7-8H2,1-3H3. The van der Waals surface area contributed by atoms with Crippen molar-refractivity contribution in [2.75, 3.05) is 20.3 Å². The number of aliphatic hydroxyl groups is 1. The van der Waals surface area contributed by atoms with Crippen LogP contribution < -0.4 is 10.2 Å². The van der Waals surface area contributed by atoms with Gasteiger partial charge in [0.1, 0.15) is 18.5 Å². The first-order valence-corrected chi connectivity index (χ1v) is 5.27. The van der Waals surface area contributed by atoms with Gasteiger partial charge in [0, 0.05) is 0 Å². The second-order valence-electron chi connectivity index (χ2n) is 3.79. The second-order valence-corrected chi connectivity index (χ2v) is 3.79. The average molecular weight is 225 g/mol. The zero-order valence-corrected chi connectivity index (χ0v) is 9.99. The van der Waals surface area contributed by atoms with Crippen molar-refractivity contribution in [3.05, 3.63) is 29.3 Å². The Hall–Kier alpha value is -1.10. The summed E-state index contributed by atoms with van der Waals surface area (Å²) in [4.78, 5) is 4.64. The van der Waals surface area contributed by atoms with E-state index in [0.29, 0.717) is 6.54 Å². The molecule has 0 aliphatic heterocycles. The molecule has 1 aromatic rings. The van der Waals surface area contributed by atoms with Crippen molar-refractivity contribution in [3.63, 3.8) is 0 Å². The highest BCUT2D eigenvalue weighted by Gasteiger charge is 2.06. The molecule has 0 saturated carbocycles. The maximum absolute atomic E-state index is 9.52. The van der Waals surface area contributed by atoms with Gasteiger partial charge in [0.05, 0.1) is 13.7 Å². The smallest absolute Gasteiger partial charge is 0.122 e. The fourth-order valence-electron chi connectivity index (χ4n) is 1.39. The Balaban J connectivity index is 2.42. The van der Waals surface area contributed by atoms with Crippen molar-refractivity contribution >= 4 is 0 Å². The van der Waals surface area contributed by atoms with Crippen molar-refractivity contribution in [1.29, 1.82) is 0 Å². The molecule has 0 heterocycles. The Morgan fingerprint density at radius 2 is 2.12 bits per heavy atom. The maximum Gasteiger partial charge on any atom is 0.122 e. The fraction of sp³-hybridized carbons (Fsp3) is 0.500. The van der Waals surface area contributed by atoms with Gasteiger partial charge in [-0.05, 0) is 25.5 Å². The summed E-state index contributed by atoms with van der Waals surface area (Å²) < 4.78 is 5.51. The molecule has 4 heteroatoms. The first-order chi connectivity index (χ1) is 7.63. The second kappa shape index (κ2) is 6.48. The quantitative estimate of drug-likeness (QED) is 0.714. The third kappa shape index (κ3) is 4.18. The van der Waals surface area contributed by atoms with Gasteiger partial charge >= 0.3 is 0 Å². The van der Waals surface area contributed by atoms with Crippen molar-refractivity contribution in [2.24, 2.45) is 0 Å². The molecule has 0 radical (unpaired) electrons. The van der Waals surface area contributed by atoms with Crippen LogP contribution in [0.5, 0.6) is 5.75 Å². The zero-order valence-electron chi connectivity index (χ0n) is 9.99. The van der Waals surface area contributed by atoms with Crippen LogP contribution in [0.2, 0.25) is 0 Å². The van der Waals surface area contributed by atoms with Crippen molar-refractivity contribution in [1.82, 2.24) is 5.48 Å². The molecule has 4 nitrogen and oxygen atoms in total. The Bertz CT molecular complexity index is 328. The van der Waals surface area contributed by atoms with Crippen LogP contribution >= 0.6 is 0 Å². The molecule has 0 fully saturated rings. The lowest BCUT2D eigenvalue weighted by atomic mass is 10.1. The molecule has 0 aliphatic rings. The Kier molecular flexibility index (Phi) is 5.25. The summed E-state index contributed by atoms with van der Waals surface area (Å²) >= 11 is 0. The van der Waals surface area contributed by atoms with E-state index in [2.05, 4.69) is 16.4 Å². The van der Waals surface area contributed by atoms with E-state index >= 15 is 0 Å². The van der Waals surface area contributed by atoms with Crippen LogP contribution in [0.15, 0.2) is 18.2 Å². The van der Waals surface area contributed by atoms with Gasteiger partial charge < -0.3 is 14.7 Å². The third-order valence-corrected chi connectivity index (χ3v) is 2.22. The molecule has 0 spiro atoms. The number of hydroxylamine groups is 1. The number of ether oxygens (including phenoxy) is 1. The molecule has 0 saturated heterocycles. The minimum atomic E-state index is -0.583. The van der Waals surface area contributed by atoms with E-state index < -0.39 is 6.10 Å². The van der Waals surface area contributed by atoms with E-state index in [9.17, 15) is 5.11 Å². The monoisotopic (exact) mass is 225 g/mol. The molecule has 0 aliphatic carbocycles. The van der Waals surface area contributed by atoms with Crippen LogP contribution in [0.25, 0.3) is 0 Å². The van der Waals surface area contributed by atoms with Gasteiger partial charge in [-0.2, -0.15) is 0 Å². The van der Waals surface area contributed by atoms with E-state index in [4.69, 9.17) is 4.74 Å². The highest BCUT2D eigenvalue weighted by Crippen LogP contribution is 2.18. The molecule has 1 aromatic carbocycles. The molecule has 2 N–H and O–H groups in total. The Morgan fingerprint density at radius 3 is 2.75 bits per heavy atom. The van der Waals surface area contributed by atoms with Crippen LogP contribution in [0.3, 0.4) is 0 Å².